The lowest BCUT2D eigenvalue weighted by atomic mass is 9.87. The highest BCUT2D eigenvalue weighted by atomic mass is 79.9. The number of hydrogen-bond acceptors (Lipinski definition) is 2. The molecule has 0 saturated heterocycles. The van der Waals surface area contributed by atoms with Gasteiger partial charge in [-0.2, -0.15) is 5.10 Å². The molecule has 18 heavy (non-hydrogen) atoms. The summed E-state index contributed by atoms with van der Waals surface area (Å²) in [4.78, 5) is 12.1. The van der Waals surface area contributed by atoms with Gasteiger partial charge in [0.2, 0.25) is 0 Å². The van der Waals surface area contributed by atoms with E-state index in [4.69, 9.17) is 0 Å². The standard InChI is InChI=1S/C14H15BrN2O/c1-14(2,3)11-6-4-10(5-7-11)13(18)17-9-12(15)8-16-17/h4-9H,1-3H3. The van der Waals surface area contributed by atoms with E-state index in [9.17, 15) is 4.79 Å². The quantitative estimate of drug-likeness (QED) is 0.806. The molecule has 94 valence electrons. The van der Waals surface area contributed by atoms with Crippen molar-refractivity contribution < 1.29 is 4.79 Å². The van der Waals surface area contributed by atoms with Crippen LogP contribution in [0.1, 0.15) is 36.7 Å². The summed E-state index contributed by atoms with van der Waals surface area (Å²) < 4.78 is 2.12. The topological polar surface area (TPSA) is 34.9 Å². The van der Waals surface area contributed by atoms with Crippen molar-refractivity contribution in [3.8, 4) is 0 Å². The molecule has 2 aromatic rings. The fourth-order valence-electron chi connectivity index (χ4n) is 1.66. The first-order chi connectivity index (χ1) is 8.38. The lowest BCUT2D eigenvalue weighted by molar-refractivity contribution is 0.0945. The van der Waals surface area contributed by atoms with Gasteiger partial charge in [-0.05, 0) is 39.0 Å². The van der Waals surface area contributed by atoms with Crippen LogP contribution in [-0.4, -0.2) is 15.7 Å². The molecule has 1 aromatic heterocycles. The maximum atomic E-state index is 12.1. The van der Waals surface area contributed by atoms with E-state index in [1.54, 1.807) is 12.4 Å². The molecule has 0 aliphatic carbocycles. The number of benzene rings is 1. The third-order valence-electron chi connectivity index (χ3n) is 2.76. The summed E-state index contributed by atoms with van der Waals surface area (Å²) in [5.74, 6) is -0.124. The van der Waals surface area contributed by atoms with Gasteiger partial charge in [-0.3, -0.25) is 4.79 Å². The minimum Gasteiger partial charge on any atom is -0.267 e. The zero-order valence-corrected chi connectivity index (χ0v) is 12.2. The normalized spacial score (nSPS) is 11.6. The second-order valence-electron chi connectivity index (χ2n) is 5.24. The summed E-state index contributed by atoms with van der Waals surface area (Å²) >= 11 is 3.28. The number of hydrogen-bond donors (Lipinski definition) is 0. The average Bonchev–Trinajstić information content (AvgIpc) is 2.74. The largest absolute Gasteiger partial charge is 0.278 e. The van der Waals surface area contributed by atoms with Gasteiger partial charge in [-0.15, -0.1) is 0 Å². The van der Waals surface area contributed by atoms with Crippen LogP contribution >= 0.6 is 15.9 Å². The van der Waals surface area contributed by atoms with Crippen molar-refractivity contribution in [2.24, 2.45) is 0 Å². The summed E-state index contributed by atoms with van der Waals surface area (Å²) in [5, 5.41) is 3.98. The summed E-state index contributed by atoms with van der Waals surface area (Å²) in [6.45, 7) is 6.44. The fourth-order valence-corrected chi connectivity index (χ4v) is 1.94. The van der Waals surface area contributed by atoms with Gasteiger partial charge in [-0.1, -0.05) is 32.9 Å². The van der Waals surface area contributed by atoms with E-state index in [2.05, 4.69) is 41.8 Å². The molecule has 0 atom stereocenters. The Bertz CT molecular complexity index is 564. The molecule has 0 bridgehead atoms. The van der Waals surface area contributed by atoms with Crippen molar-refractivity contribution in [3.63, 3.8) is 0 Å². The Morgan fingerprint density at radius 2 is 1.83 bits per heavy atom. The van der Waals surface area contributed by atoms with Crippen molar-refractivity contribution in [1.29, 1.82) is 0 Å². The van der Waals surface area contributed by atoms with Crippen molar-refractivity contribution in [3.05, 3.63) is 52.3 Å². The lowest BCUT2D eigenvalue weighted by Crippen LogP contribution is -2.14. The number of rotatable bonds is 1. The molecular formula is C14H15BrN2O. The number of nitrogens with zero attached hydrogens (tertiary/aromatic N) is 2. The molecule has 0 saturated carbocycles. The lowest BCUT2D eigenvalue weighted by Gasteiger charge is -2.18. The third-order valence-corrected chi connectivity index (χ3v) is 3.17. The molecule has 1 heterocycles. The van der Waals surface area contributed by atoms with Crippen molar-refractivity contribution in [1.82, 2.24) is 9.78 Å². The van der Waals surface area contributed by atoms with Crippen molar-refractivity contribution in [2.45, 2.75) is 26.2 Å². The summed E-state index contributed by atoms with van der Waals surface area (Å²) in [6, 6.07) is 7.68. The summed E-state index contributed by atoms with van der Waals surface area (Å²) in [7, 11) is 0. The highest BCUT2D eigenvalue weighted by Crippen LogP contribution is 2.22. The van der Waals surface area contributed by atoms with Crippen LogP contribution in [0, 0.1) is 0 Å². The molecule has 2 rings (SSSR count). The first kappa shape index (κ1) is 13.0. The van der Waals surface area contributed by atoms with Crippen LogP contribution < -0.4 is 0 Å². The minimum atomic E-state index is -0.124. The molecule has 0 spiro atoms. The number of carbonyl (C=O) groups excluding carboxylic acids is 1. The van der Waals surface area contributed by atoms with Crippen molar-refractivity contribution in [2.75, 3.05) is 0 Å². The van der Waals surface area contributed by atoms with E-state index in [0.29, 0.717) is 5.56 Å². The van der Waals surface area contributed by atoms with Crippen LogP contribution in [0.4, 0.5) is 0 Å². The van der Waals surface area contributed by atoms with Gasteiger partial charge in [0.05, 0.1) is 10.7 Å². The van der Waals surface area contributed by atoms with Gasteiger partial charge in [0.15, 0.2) is 0 Å². The van der Waals surface area contributed by atoms with Gasteiger partial charge in [0.1, 0.15) is 0 Å². The number of aromatic nitrogens is 2. The molecule has 4 heteroatoms. The molecule has 1 aromatic carbocycles. The van der Waals surface area contributed by atoms with E-state index in [-0.39, 0.29) is 11.3 Å². The first-order valence-corrected chi connectivity index (χ1v) is 6.52. The smallest absolute Gasteiger partial charge is 0.267 e. The Morgan fingerprint density at radius 3 is 2.28 bits per heavy atom. The van der Waals surface area contributed by atoms with Crippen molar-refractivity contribution >= 4 is 21.8 Å². The second-order valence-corrected chi connectivity index (χ2v) is 6.15. The number of halogens is 1. The van der Waals surface area contributed by atoms with Crippen LogP contribution in [0.15, 0.2) is 41.1 Å². The zero-order chi connectivity index (χ0) is 13.3. The molecule has 0 aliphatic heterocycles. The van der Waals surface area contributed by atoms with Gasteiger partial charge >= 0.3 is 0 Å². The van der Waals surface area contributed by atoms with Gasteiger partial charge in [0.25, 0.3) is 5.91 Å². The summed E-state index contributed by atoms with van der Waals surface area (Å²) in [6.07, 6.45) is 3.25. The Labute approximate surface area is 115 Å². The second kappa shape index (κ2) is 4.69. The van der Waals surface area contributed by atoms with E-state index in [1.165, 1.54) is 10.2 Å². The van der Waals surface area contributed by atoms with Gasteiger partial charge in [-0.25, -0.2) is 4.68 Å². The molecule has 3 nitrogen and oxygen atoms in total. The van der Waals surface area contributed by atoms with E-state index in [1.807, 2.05) is 24.3 Å². The molecule has 0 radical (unpaired) electrons. The van der Waals surface area contributed by atoms with Crippen LogP contribution in [-0.2, 0) is 5.41 Å². The average molecular weight is 307 g/mol. The van der Waals surface area contributed by atoms with Crippen LogP contribution in [0.5, 0.6) is 0 Å². The Balaban J connectivity index is 2.28. The fraction of sp³-hybridized carbons (Fsp3) is 0.286. The highest BCUT2D eigenvalue weighted by Gasteiger charge is 2.15. The molecular weight excluding hydrogens is 292 g/mol. The molecule has 0 unspecified atom stereocenters. The SMILES string of the molecule is CC(C)(C)c1ccc(C(=O)n2cc(Br)cn2)cc1. The van der Waals surface area contributed by atoms with E-state index in [0.717, 1.165) is 4.47 Å². The molecule has 0 aliphatic rings. The molecule has 0 fully saturated rings. The predicted molar refractivity (Wildman–Crippen MR) is 74.8 cm³/mol. The monoisotopic (exact) mass is 306 g/mol. The maximum absolute atomic E-state index is 12.1. The predicted octanol–water partition coefficient (Wildman–Crippen LogP) is 3.63. The zero-order valence-electron chi connectivity index (χ0n) is 10.6. The Morgan fingerprint density at radius 1 is 1.22 bits per heavy atom. The van der Waals surface area contributed by atoms with Crippen LogP contribution in [0.2, 0.25) is 0 Å². The number of carbonyl (C=O) groups is 1. The van der Waals surface area contributed by atoms with Gasteiger partial charge < -0.3 is 0 Å². The van der Waals surface area contributed by atoms with Crippen LogP contribution in [0.25, 0.3) is 0 Å². The maximum Gasteiger partial charge on any atom is 0.278 e. The first-order valence-electron chi connectivity index (χ1n) is 5.73. The minimum absolute atomic E-state index is 0.0936. The van der Waals surface area contributed by atoms with Gasteiger partial charge in [0, 0.05) is 11.8 Å². The molecule has 0 amide bonds. The van der Waals surface area contributed by atoms with E-state index >= 15 is 0 Å². The third kappa shape index (κ3) is 2.70. The summed E-state index contributed by atoms with van der Waals surface area (Å²) in [5.41, 5.74) is 1.94. The Kier molecular flexibility index (Phi) is 3.39. The molecule has 0 N–H and O–H groups in total. The van der Waals surface area contributed by atoms with Crippen LogP contribution in [0.3, 0.4) is 0 Å². The Hall–Kier alpha value is -1.42. The highest BCUT2D eigenvalue weighted by molar-refractivity contribution is 9.10. The van der Waals surface area contributed by atoms with E-state index < -0.39 is 0 Å².